The predicted octanol–water partition coefficient (Wildman–Crippen LogP) is 4.01. The smallest absolute Gasteiger partial charge is 0.385 e. The van der Waals surface area contributed by atoms with Crippen LogP contribution in [0.2, 0.25) is 5.02 Å². The van der Waals surface area contributed by atoms with Crippen LogP contribution in [-0.2, 0) is 0 Å². The van der Waals surface area contributed by atoms with E-state index in [4.69, 9.17) is 25.5 Å². The van der Waals surface area contributed by atoms with Gasteiger partial charge in [0.1, 0.15) is 0 Å². The van der Waals surface area contributed by atoms with E-state index >= 15 is 0 Å². The molecule has 0 saturated heterocycles. The minimum absolute atomic E-state index is 0.0799. The van der Waals surface area contributed by atoms with Crippen molar-refractivity contribution >= 4 is 17.6 Å². The first-order valence-corrected chi connectivity index (χ1v) is 7.57. The number of carbonyl (C=O) groups excluding carboxylic acids is 1. The Morgan fingerprint density at radius 2 is 2.04 bits per heavy atom. The highest BCUT2D eigenvalue weighted by Crippen LogP contribution is 2.28. The summed E-state index contributed by atoms with van der Waals surface area (Å²) in [5.41, 5.74) is 0.724. The number of halogens is 1. The fourth-order valence-corrected chi connectivity index (χ4v) is 2.14. The maximum atomic E-state index is 12.4. The summed E-state index contributed by atoms with van der Waals surface area (Å²) < 4.78 is 16.1. The first-order valence-electron chi connectivity index (χ1n) is 7.19. The van der Waals surface area contributed by atoms with Gasteiger partial charge in [-0.25, -0.2) is 4.79 Å². The number of aromatic nitrogens is 2. The van der Waals surface area contributed by atoms with Gasteiger partial charge in [-0.15, -0.1) is 0 Å². The molecule has 2 aromatic heterocycles. The predicted molar refractivity (Wildman–Crippen MR) is 87.3 cm³/mol. The van der Waals surface area contributed by atoms with Crippen LogP contribution in [0.25, 0.3) is 11.5 Å². The molecule has 0 saturated carbocycles. The zero-order valence-electron chi connectivity index (χ0n) is 12.7. The van der Waals surface area contributed by atoms with Crippen LogP contribution < -0.4 is 9.47 Å². The molecule has 0 N–H and O–H groups in total. The first-order chi connectivity index (χ1) is 11.7. The lowest BCUT2D eigenvalue weighted by molar-refractivity contribution is 0.0695. The second-order valence-corrected chi connectivity index (χ2v) is 5.12. The van der Waals surface area contributed by atoms with Gasteiger partial charge in [-0.05, 0) is 19.1 Å². The SMILES string of the molecule is CCOc1nc(-c2ccccc2)oc1C(=O)Oc1cncc(Cl)c1. The third-order valence-electron chi connectivity index (χ3n) is 2.97. The van der Waals surface area contributed by atoms with E-state index in [1.807, 2.05) is 30.3 Å². The number of ether oxygens (including phenoxy) is 2. The van der Waals surface area contributed by atoms with E-state index in [0.717, 1.165) is 5.56 Å². The number of benzene rings is 1. The van der Waals surface area contributed by atoms with E-state index in [1.165, 1.54) is 18.5 Å². The van der Waals surface area contributed by atoms with Crippen molar-refractivity contribution < 1.29 is 18.7 Å². The molecule has 122 valence electrons. The number of oxazole rings is 1. The highest BCUT2D eigenvalue weighted by atomic mass is 35.5. The van der Waals surface area contributed by atoms with Crippen molar-refractivity contribution in [1.29, 1.82) is 0 Å². The molecule has 3 aromatic rings. The van der Waals surface area contributed by atoms with Gasteiger partial charge in [0.15, 0.2) is 5.75 Å². The summed E-state index contributed by atoms with van der Waals surface area (Å²) in [4.78, 5) is 20.4. The number of hydrogen-bond donors (Lipinski definition) is 0. The van der Waals surface area contributed by atoms with Gasteiger partial charge in [-0.1, -0.05) is 29.8 Å². The minimum atomic E-state index is -0.739. The summed E-state index contributed by atoms with van der Waals surface area (Å²) in [5.74, 6) is -0.299. The fourth-order valence-electron chi connectivity index (χ4n) is 1.98. The Kier molecular flexibility index (Phi) is 4.77. The topological polar surface area (TPSA) is 74.5 Å². The third-order valence-corrected chi connectivity index (χ3v) is 3.18. The average Bonchev–Trinajstić information content (AvgIpc) is 3.00. The molecule has 0 atom stereocenters. The number of rotatable bonds is 5. The molecular weight excluding hydrogens is 332 g/mol. The van der Waals surface area contributed by atoms with E-state index < -0.39 is 5.97 Å². The molecular formula is C17H13ClN2O4. The van der Waals surface area contributed by atoms with E-state index in [2.05, 4.69) is 9.97 Å². The van der Waals surface area contributed by atoms with E-state index in [0.29, 0.717) is 11.6 Å². The lowest BCUT2D eigenvalue weighted by Crippen LogP contribution is -2.09. The van der Waals surface area contributed by atoms with Crippen LogP contribution in [0.15, 0.2) is 53.2 Å². The molecule has 0 amide bonds. The second-order valence-electron chi connectivity index (χ2n) is 4.68. The minimum Gasteiger partial charge on any atom is -0.475 e. The summed E-state index contributed by atoms with van der Waals surface area (Å²) in [6.45, 7) is 2.12. The summed E-state index contributed by atoms with van der Waals surface area (Å²) in [6, 6.07) is 10.7. The van der Waals surface area contributed by atoms with Crippen molar-refractivity contribution in [2.24, 2.45) is 0 Å². The van der Waals surface area contributed by atoms with Crippen molar-refractivity contribution in [1.82, 2.24) is 9.97 Å². The molecule has 0 unspecified atom stereocenters. The lowest BCUT2D eigenvalue weighted by atomic mass is 10.2. The van der Waals surface area contributed by atoms with Crippen LogP contribution in [0.4, 0.5) is 0 Å². The molecule has 2 heterocycles. The Hall–Kier alpha value is -2.86. The van der Waals surface area contributed by atoms with Crippen molar-refractivity contribution in [3.8, 4) is 23.1 Å². The zero-order chi connectivity index (χ0) is 16.9. The standard InChI is InChI=1S/C17H13ClN2O4/c1-2-22-16-14(17(21)23-13-8-12(18)9-19-10-13)24-15(20-16)11-6-4-3-5-7-11/h3-10H,2H2,1H3. The molecule has 6 nitrogen and oxygen atoms in total. The third kappa shape index (κ3) is 3.55. The van der Waals surface area contributed by atoms with Crippen LogP contribution in [-0.4, -0.2) is 22.5 Å². The summed E-state index contributed by atoms with van der Waals surface area (Å²) in [5, 5.41) is 0.355. The van der Waals surface area contributed by atoms with E-state index in [9.17, 15) is 4.79 Å². The van der Waals surface area contributed by atoms with Crippen LogP contribution in [0.5, 0.6) is 11.6 Å². The fraction of sp³-hybridized carbons (Fsp3) is 0.118. The monoisotopic (exact) mass is 344 g/mol. The number of esters is 1. The Morgan fingerprint density at radius 1 is 1.25 bits per heavy atom. The maximum absolute atomic E-state index is 12.4. The number of hydrogen-bond acceptors (Lipinski definition) is 6. The van der Waals surface area contributed by atoms with Crippen LogP contribution >= 0.6 is 11.6 Å². The molecule has 0 aliphatic heterocycles. The molecule has 0 bridgehead atoms. The van der Waals surface area contributed by atoms with Gasteiger partial charge >= 0.3 is 5.97 Å². The van der Waals surface area contributed by atoms with Gasteiger partial charge in [0.2, 0.25) is 5.89 Å². The molecule has 0 fully saturated rings. The van der Waals surface area contributed by atoms with E-state index in [-0.39, 0.29) is 23.3 Å². The Balaban J connectivity index is 1.91. The normalized spacial score (nSPS) is 10.4. The van der Waals surface area contributed by atoms with Crippen LogP contribution in [0.3, 0.4) is 0 Å². The average molecular weight is 345 g/mol. The van der Waals surface area contributed by atoms with Crippen molar-refractivity contribution in [3.63, 3.8) is 0 Å². The van der Waals surface area contributed by atoms with Gasteiger partial charge in [-0.3, -0.25) is 4.98 Å². The Bertz CT molecular complexity index is 849. The molecule has 0 aliphatic carbocycles. The van der Waals surface area contributed by atoms with Crippen molar-refractivity contribution in [3.05, 3.63) is 59.6 Å². The molecule has 7 heteroatoms. The largest absolute Gasteiger partial charge is 0.475 e. The van der Waals surface area contributed by atoms with Gasteiger partial charge in [0.05, 0.1) is 17.8 Å². The first kappa shape index (κ1) is 16.0. The highest BCUT2D eigenvalue weighted by molar-refractivity contribution is 6.30. The molecule has 0 aliphatic rings. The van der Waals surface area contributed by atoms with Gasteiger partial charge in [0, 0.05) is 17.8 Å². The molecule has 24 heavy (non-hydrogen) atoms. The van der Waals surface area contributed by atoms with Crippen molar-refractivity contribution in [2.45, 2.75) is 6.92 Å². The van der Waals surface area contributed by atoms with Crippen LogP contribution in [0.1, 0.15) is 17.5 Å². The van der Waals surface area contributed by atoms with E-state index in [1.54, 1.807) is 6.92 Å². The summed E-state index contributed by atoms with van der Waals surface area (Å²) in [6.07, 6.45) is 2.81. The maximum Gasteiger partial charge on any atom is 0.385 e. The second kappa shape index (κ2) is 7.14. The van der Waals surface area contributed by atoms with Gasteiger partial charge in [0.25, 0.3) is 11.6 Å². The number of carbonyl (C=O) groups is 1. The van der Waals surface area contributed by atoms with Crippen molar-refractivity contribution in [2.75, 3.05) is 6.61 Å². The number of pyridine rings is 1. The van der Waals surface area contributed by atoms with Crippen LogP contribution in [0, 0.1) is 0 Å². The van der Waals surface area contributed by atoms with Gasteiger partial charge < -0.3 is 13.9 Å². The Morgan fingerprint density at radius 3 is 2.75 bits per heavy atom. The molecule has 0 spiro atoms. The highest BCUT2D eigenvalue weighted by Gasteiger charge is 2.24. The summed E-state index contributed by atoms with van der Waals surface area (Å²) in [7, 11) is 0. The lowest BCUT2D eigenvalue weighted by Gasteiger charge is -2.03. The Labute approximate surface area is 143 Å². The number of nitrogens with zero attached hydrogens (tertiary/aromatic N) is 2. The molecule has 1 aromatic carbocycles. The summed E-state index contributed by atoms with van der Waals surface area (Å²) >= 11 is 5.83. The molecule has 3 rings (SSSR count). The zero-order valence-corrected chi connectivity index (χ0v) is 13.5. The quantitative estimate of drug-likeness (QED) is 0.651. The van der Waals surface area contributed by atoms with Gasteiger partial charge in [-0.2, -0.15) is 4.98 Å². The molecule has 0 radical (unpaired) electrons.